The third-order valence-corrected chi connectivity index (χ3v) is 2.80. The van der Waals surface area contributed by atoms with Gasteiger partial charge >= 0.3 is 0 Å². The third kappa shape index (κ3) is 4.33. The Morgan fingerprint density at radius 2 is 2.00 bits per heavy atom. The lowest BCUT2D eigenvalue weighted by molar-refractivity contribution is -0.119. The van der Waals surface area contributed by atoms with Gasteiger partial charge in [0.2, 0.25) is 15.9 Å². The van der Waals surface area contributed by atoms with Gasteiger partial charge in [-0.05, 0) is 24.6 Å². The second-order valence-electron chi connectivity index (χ2n) is 4.04. The van der Waals surface area contributed by atoms with Gasteiger partial charge in [-0.25, -0.2) is 12.8 Å². The van der Waals surface area contributed by atoms with Crippen LogP contribution >= 0.6 is 0 Å². The number of amides is 1. The fourth-order valence-corrected chi connectivity index (χ4v) is 2.04. The van der Waals surface area contributed by atoms with Gasteiger partial charge in [0.05, 0.1) is 18.0 Å². The summed E-state index contributed by atoms with van der Waals surface area (Å²) < 4.78 is 37.7. The van der Waals surface area contributed by atoms with Crippen LogP contribution in [0.5, 0.6) is 0 Å². The molecule has 5 nitrogen and oxygen atoms in total. The molecule has 0 aliphatic carbocycles. The lowest BCUT2D eigenvalue weighted by Gasteiger charge is -2.14. The van der Waals surface area contributed by atoms with Gasteiger partial charge in [-0.1, -0.05) is 6.07 Å². The first kappa shape index (κ1) is 14.4. The maximum atomic E-state index is 13.6. The standard InChI is InChI=1S/C11H15FN2O3S/c1-7(13-8(2)15)9-4-5-11(10(12)6-9)14-18(3,16)17/h4-7,14H,1-3H3,(H,13,15). The van der Waals surface area contributed by atoms with E-state index in [4.69, 9.17) is 0 Å². The number of hydrogen-bond donors (Lipinski definition) is 2. The molecule has 0 bridgehead atoms. The van der Waals surface area contributed by atoms with Crippen LogP contribution in [0.3, 0.4) is 0 Å². The minimum atomic E-state index is -3.51. The van der Waals surface area contributed by atoms with E-state index in [1.807, 2.05) is 0 Å². The summed E-state index contributed by atoms with van der Waals surface area (Å²) in [6, 6.07) is 3.72. The molecule has 0 saturated carbocycles. The molecule has 0 fully saturated rings. The van der Waals surface area contributed by atoms with Crippen LogP contribution in [0.25, 0.3) is 0 Å². The largest absolute Gasteiger partial charge is 0.350 e. The zero-order valence-electron chi connectivity index (χ0n) is 10.3. The molecule has 0 aromatic heterocycles. The first-order valence-corrected chi connectivity index (χ1v) is 7.12. The van der Waals surface area contributed by atoms with Crippen molar-refractivity contribution in [2.24, 2.45) is 0 Å². The number of hydrogen-bond acceptors (Lipinski definition) is 3. The fraction of sp³-hybridized carbons (Fsp3) is 0.364. The van der Waals surface area contributed by atoms with Crippen molar-refractivity contribution in [3.05, 3.63) is 29.6 Å². The molecule has 0 spiro atoms. The first-order chi connectivity index (χ1) is 8.19. The van der Waals surface area contributed by atoms with Gasteiger partial charge in [-0.15, -0.1) is 0 Å². The summed E-state index contributed by atoms with van der Waals surface area (Å²) in [6.45, 7) is 3.08. The highest BCUT2D eigenvalue weighted by molar-refractivity contribution is 7.92. The number of nitrogens with one attached hydrogen (secondary N) is 2. The molecule has 0 heterocycles. The lowest BCUT2D eigenvalue weighted by atomic mass is 10.1. The predicted octanol–water partition coefficient (Wildman–Crippen LogP) is 1.39. The van der Waals surface area contributed by atoms with E-state index in [2.05, 4.69) is 10.0 Å². The molecule has 100 valence electrons. The zero-order chi connectivity index (χ0) is 13.9. The van der Waals surface area contributed by atoms with E-state index in [1.165, 1.54) is 19.1 Å². The summed E-state index contributed by atoms with van der Waals surface area (Å²) in [6.07, 6.45) is 0.945. The van der Waals surface area contributed by atoms with Crippen LogP contribution in [0.4, 0.5) is 10.1 Å². The molecule has 1 aromatic carbocycles. The number of carbonyl (C=O) groups excluding carboxylic acids is 1. The molecule has 1 rings (SSSR count). The van der Waals surface area contributed by atoms with Crippen LogP contribution in [0.2, 0.25) is 0 Å². The van der Waals surface area contributed by atoms with Gasteiger partial charge in [0.1, 0.15) is 5.82 Å². The van der Waals surface area contributed by atoms with Gasteiger partial charge in [0.15, 0.2) is 0 Å². The van der Waals surface area contributed by atoms with Gasteiger partial charge in [0.25, 0.3) is 0 Å². The van der Waals surface area contributed by atoms with Crippen molar-refractivity contribution in [3.63, 3.8) is 0 Å². The molecule has 7 heteroatoms. The van der Waals surface area contributed by atoms with E-state index in [9.17, 15) is 17.6 Å². The monoisotopic (exact) mass is 274 g/mol. The molecule has 0 saturated heterocycles. The van der Waals surface area contributed by atoms with Crippen molar-refractivity contribution in [1.29, 1.82) is 0 Å². The maximum absolute atomic E-state index is 13.6. The van der Waals surface area contributed by atoms with Crippen LogP contribution < -0.4 is 10.0 Å². The highest BCUT2D eigenvalue weighted by Gasteiger charge is 2.12. The Labute approximate surface area is 105 Å². The van der Waals surface area contributed by atoms with Gasteiger partial charge in [0, 0.05) is 6.92 Å². The van der Waals surface area contributed by atoms with Gasteiger partial charge in [-0.2, -0.15) is 0 Å². The minimum Gasteiger partial charge on any atom is -0.350 e. The second-order valence-corrected chi connectivity index (χ2v) is 5.78. The Kier molecular flexibility index (Phi) is 4.28. The number of benzene rings is 1. The summed E-state index contributed by atoms with van der Waals surface area (Å²) in [4.78, 5) is 10.9. The smallest absolute Gasteiger partial charge is 0.229 e. The normalized spacial score (nSPS) is 12.9. The second kappa shape index (κ2) is 5.34. The number of carbonyl (C=O) groups is 1. The number of rotatable bonds is 4. The maximum Gasteiger partial charge on any atom is 0.229 e. The van der Waals surface area contributed by atoms with Crippen LogP contribution in [0.1, 0.15) is 25.5 Å². The average Bonchev–Trinajstić information content (AvgIpc) is 2.18. The third-order valence-electron chi connectivity index (χ3n) is 2.21. The summed E-state index contributed by atoms with van der Waals surface area (Å²) in [5, 5.41) is 2.61. The first-order valence-electron chi connectivity index (χ1n) is 5.23. The van der Waals surface area contributed by atoms with Crippen LogP contribution in [0.15, 0.2) is 18.2 Å². The Hall–Kier alpha value is -1.63. The van der Waals surface area contributed by atoms with E-state index >= 15 is 0 Å². The summed E-state index contributed by atoms with van der Waals surface area (Å²) in [5.74, 6) is -0.906. The van der Waals surface area contributed by atoms with E-state index < -0.39 is 15.8 Å². The molecule has 0 radical (unpaired) electrons. The van der Waals surface area contributed by atoms with E-state index in [1.54, 1.807) is 13.0 Å². The molecule has 1 atom stereocenters. The quantitative estimate of drug-likeness (QED) is 0.871. The summed E-state index contributed by atoms with van der Waals surface area (Å²) >= 11 is 0. The number of anilines is 1. The van der Waals surface area contributed by atoms with Crippen molar-refractivity contribution in [2.75, 3.05) is 11.0 Å². The highest BCUT2D eigenvalue weighted by Crippen LogP contribution is 2.20. The van der Waals surface area contributed by atoms with Crippen LogP contribution in [0, 0.1) is 5.82 Å². The number of halogens is 1. The van der Waals surface area contributed by atoms with Crippen molar-refractivity contribution >= 4 is 21.6 Å². The zero-order valence-corrected chi connectivity index (χ0v) is 11.1. The predicted molar refractivity (Wildman–Crippen MR) is 67.1 cm³/mol. The molecule has 1 aromatic rings. The van der Waals surface area contributed by atoms with E-state index in [0.717, 1.165) is 6.26 Å². The van der Waals surface area contributed by atoms with Gasteiger partial charge in [-0.3, -0.25) is 9.52 Å². The Morgan fingerprint density at radius 3 is 2.44 bits per heavy atom. The van der Waals surface area contributed by atoms with Crippen molar-refractivity contribution in [1.82, 2.24) is 5.32 Å². The fourth-order valence-electron chi connectivity index (χ4n) is 1.47. The molecule has 1 unspecified atom stereocenters. The molecule has 2 N–H and O–H groups in total. The topological polar surface area (TPSA) is 75.3 Å². The van der Waals surface area contributed by atoms with E-state index in [-0.39, 0.29) is 17.6 Å². The van der Waals surface area contributed by atoms with Crippen molar-refractivity contribution in [2.45, 2.75) is 19.9 Å². The minimum absolute atomic E-state index is 0.115. The average molecular weight is 274 g/mol. The van der Waals surface area contributed by atoms with Crippen molar-refractivity contribution < 1.29 is 17.6 Å². The summed E-state index contributed by atoms with van der Waals surface area (Å²) in [7, 11) is -3.51. The molecule has 1 amide bonds. The van der Waals surface area contributed by atoms with Crippen LogP contribution in [-0.2, 0) is 14.8 Å². The Morgan fingerprint density at radius 1 is 1.39 bits per heavy atom. The Balaban J connectivity index is 2.95. The summed E-state index contributed by atoms with van der Waals surface area (Å²) in [5.41, 5.74) is 0.443. The van der Waals surface area contributed by atoms with Crippen molar-refractivity contribution in [3.8, 4) is 0 Å². The molecular weight excluding hydrogens is 259 g/mol. The van der Waals surface area contributed by atoms with Crippen LogP contribution in [-0.4, -0.2) is 20.6 Å². The Bertz CT molecular complexity index is 557. The highest BCUT2D eigenvalue weighted by atomic mass is 32.2. The molecule has 0 aliphatic rings. The van der Waals surface area contributed by atoms with E-state index in [0.29, 0.717) is 5.56 Å². The SMILES string of the molecule is CC(=O)NC(C)c1ccc(NS(C)(=O)=O)c(F)c1. The lowest BCUT2D eigenvalue weighted by Crippen LogP contribution is -2.23. The molecular formula is C11H15FN2O3S. The number of sulfonamides is 1. The molecule has 0 aliphatic heterocycles. The van der Waals surface area contributed by atoms with Gasteiger partial charge < -0.3 is 5.32 Å². The molecule has 18 heavy (non-hydrogen) atoms.